The van der Waals surface area contributed by atoms with Gasteiger partial charge >= 0.3 is 5.97 Å². The lowest BCUT2D eigenvalue weighted by molar-refractivity contribution is -0.136. The molecule has 0 spiro atoms. The van der Waals surface area contributed by atoms with Crippen LogP contribution in [0.15, 0.2) is 42.0 Å². The quantitative estimate of drug-likeness (QED) is 0.777. The Morgan fingerprint density at radius 1 is 1.18 bits per heavy atom. The zero-order valence-electron chi connectivity index (χ0n) is 15.4. The Kier molecular flexibility index (Phi) is 4.81. The summed E-state index contributed by atoms with van der Waals surface area (Å²) in [6.07, 6.45) is -0.875. The van der Waals surface area contributed by atoms with Crippen LogP contribution in [0, 0.1) is 0 Å². The van der Waals surface area contributed by atoms with Gasteiger partial charge in [-0.15, -0.1) is 0 Å². The summed E-state index contributed by atoms with van der Waals surface area (Å²) < 4.78 is 22.7. The molecule has 146 valence electrons. The molecular formula is C21H19ClO6. The van der Waals surface area contributed by atoms with Crippen LogP contribution < -0.4 is 18.9 Å². The number of carboxylic acid groups (broad SMARTS) is 1. The van der Waals surface area contributed by atoms with Crippen molar-refractivity contribution in [2.24, 2.45) is 0 Å². The lowest BCUT2D eigenvalue weighted by atomic mass is 9.93. The number of hydrogen-bond acceptors (Lipinski definition) is 5. The van der Waals surface area contributed by atoms with Crippen molar-refractivity contribution in [1.82, 2.24) is 0 Å². The molecule has 2 aromatic rings. The summed E-state index contributed by atoms with van der Waals surface area (Å²) in [6, 6.07) is 10.8. The first-order valence-electron chi connectivity index (χ1n) is 8.90. The van der Waals surface area contributed by atoms with Gasteiger partial charge in [-0.1, -0.05) is 17.7 Å². The van der Waals surface area contributed by atoms with Crippen molar-refractivity contribution in [2.45, 2.75) is 32.5 Å². The summed E-state index contributed by atoms with van der Waals surface area (Å²) in [5.41, 5.74) is 1.84. The highest BCUT2D eigenvalue weighted by Crippen LogP contribution is 2.47. The van der Waals surface area contributed by atoms with Gasteiger partial charge in [0.1, 0.15) is 17.6 Å². The maximum atomic E-state index is 11.5. The molecule has 7 heteroatoms. The topological polar surface area (TPSA) is 74.2 Å². The predicted octanol–water partition coefficient (Wildman–Crippen LogP) is 4.76. The largest absolute Gasteiger partial charge is 0.491 e. The van der Waals surface area contributed by atoms with Crippen LogP contribution in [0.25, 0.3) is 5.03 Å². The van der Waals surface area contributed by atoms with Crippen LogP contribution >= 0.6 is 11.6 Å². The van der Waals surface area contributed by atoms with Gasteiger partial charge in [-0.25, -0.2) is 0 Å². The third-order valence-corrected chi connectivity index (χ3v) is 4.89. The van der Waals surface area contributed by atoms with E-state index in [4.69, 9.17) is 30.5 Å². The zero-order chi connectivity index (χ0) is 19.8. The smallest absolute Gasteiger partial charge is 0.307 e. The van der Waals surface area contributed by atoms with E-state index in [9.17, 15) is 9.90 Å². The minimum Gasteiger partial charge on any atom is -0.491 e. The van der Waals surface area contributed by atoms with Gasteiger partial charge in [0.2, 0.25) is 6.79 Å². The van der Waals surface area contributed by atoms with Gasteiger partial charge in [0, 0.05) is 16.7 Å². The summed E-state index contributed by atoms with van der Waals surface area (Å²) in [6.45, 7) is 4.02. The summed E-state index contributed by atoms with van der Waals surface area (Å²) in [5, 5.41) is 9.77. The molecular weight excluding hydrogens is 384 g/mol. The van der Waals surface area contributed by atoms with Crippen LogP contribution in [-0.4, -0.2) is 24.0 Å². The average Bonchev–Trinajstić information content (AvgIpc) is 3.11. The van der Waals surface area contributed by atoms with Gasteiger partial charge < -0.3 is 24.1 Å². The number of halogens is 1. The zero-order valence-corrected chi connectivity index (χ0v) is 16.2. The molecule has 0 fully saturated rings. The fraction of sp³-hybridized carbons (Fsp3) is 0.286. The number of hydrogen-bond donors (Lipinski definition) is 1. The molecule has 0 radical (unpaired) electrons. The van der Waals surface area contributed by atoms with Gasteiger partial charge in [-0.05, 0) is 44.2 Å². The molecule has 2 aliphatic heterocycles. The molecule has 1 unspecified atom stereocenters. The first kappa shape index (κ1) is 18.5. The van der Waals surface area contributed by atoms with E-state index in [2.05, 4.69) is 0 Å². The molecule has 28 heavy (non-hydrogen) atoms. The fourth-order valence-corrected chi connectivity index (χ4v) is 3.61. The Bertz CT molecular complexity index is 965. The van der Waals surface area contributed by atoms with Gasteiger partial charge in [0.15, 0.2) is 11.5 Å². The molecule has 0 bridgehead atoms. The number of carboxylic acids is 1. The van der Waals surface area contributed by atoms with Crippen LogP contribution in [0.2, 0.25) is 0 Å². The number of ether oxygens (including phenoxy) is 4. The summed E-state index contributed by atoms with van der Waals surface area (Å²) in [5.74, 6) is 1.47. The van der Waals surface area contributed by atoms with Crippen LogP contribution in [0.3, 0.4) is 0 Å². The first-order chi connectivity index (χ1) is 13.4. The van der Waals surface area contributed by atoms with Crippen molar-refractivity contribution in [3.63, 3.8) is 0 Å². The minimum atomic E-state index is -0.986. The lowest BCUT2D eigenvalue weighted by Crippen LogP contribution is -2.19. The molecule has 0 amide bonds. The second-order valence-corrected chi connectivity index (χ2v) is 7.22. The van der Waals surface area contributed by atoms with Crippen LogP contribution in [0.5, 0.6) is 23.0 Å². The Balaban J connectivity index is 1.77. The number of carbonyl (C=O) groups is 1. The number of rotatable bonds is 5. The number of fused-ring (bicyclic) bond motifs is 2. The third kappa shape index (κ3) is 3.47. The molecule has 0 saturated carbocycles. The molecule has 1 atom stereocenters. The van der Waals surface area contributed by atoms with E-state index in [-0.39, 0.29) is 19.3 Å². The first-order valence-corrected chi connectivity index (χ1v) is 9.28. The molecule has 1 N–H and O–H groups in total. The lowest BCUT2D eigenvalue weighted by Gasteiger charge is -2.29. The SMILES string of the molecule is CC(C)Oc1ccc2c(c1)C(Cl)=C(CC(=O)O)C(c1ccc3c(c1)OCO3)O2. The maximum Gasteiger partial charge on any atom is 0.307 e. The van der Waals surface area contributed by atoms with E-state index in [1.165, 1.54) is 0 Å². The second-order valence-electron chi connectivity index (χ2n) is 6.84. The van der Waals surface area contributed by atoms with Crippen molar-refractivity contribution in [2.75, 3.05) is 6.79 Å². The molecule has 6 nitrogen and oxygen atoms in total. The van der Waals surface area contributed by atoms with Crippen molar-refractivity contribution < 1.29 is 28.8 Å². The van der Waals surface area contributed by atoms with Crippen molar-refractivity contribution in [3.8, 4) is 23.0 Å². The summed E-state index contributed by atoms with van der Waals surface area (Å²) in [4.78, 5) is 11.5. The number of benzene rings is 2. The molecule has 0 aromatic heterocycles. The van der Waals surface area contributed by atoms with Gasteiger partial charge in [0.25, 0.3) is 0 Å². The van der Waals surface area contributed by atoms with Crippen LogP contribution in [0.1, 0.15) is 37.5 Å². The van der Waals surface area contributed by atoms with Crippen LogP contribution in [-0.2, 0) is 4.79 Å². The molecule has 0 aliphatic carbocycles. The van der Waals surface area contributed by atoms with Gasteiger partial charge in [0.05, 0.1) is 17.6 Å². The predicted molar refractivity (Wildman–Crippen MR) is 103 cm³/mol. The van der Waals surface area contributed by atoms with Crippen molar-refractivity contribution in [1.29, 1.82) is 0 Å². The van der Waals surface area contributed by atoms with E-state index >= 15 is 0 Å². The highest BCUT2D eigenvalue weighted by Gasteiger charge is 2.32. The standard InChI is InChI=1S/C21H19ClO6/c1-11(2)27-13-4-6-16-14(8-13)20(22)15(9-19(23)24)21(28-16)12-3-5-17-18(7-12)26-10-25-17/h3-8,11,21H,9-10H2,1-2H3,(H,23,24). The van der Waals surface area contributed by atoms with E-state index < -0.39 is 12.1 Å². The van der Waals surface area contributed by atoms with Gasteiger partial charge in [-0.2, -0.15) is 0 Å². The summed E-state index contributed by atoms with van der Waals surface area (Å²) in [7, 11) is 0. The van der Waals surface area contributed by atoms with Crippen molar-refractivity contribution in [3.05, 3.63) is 53.1 Å². The Morgan fingerprint density at radius 2 is 1.93 bits per heavy atom. The molecule has 0 saturated heterocycles. The monoisotopic (exact) mass is 402 g/mol. The number of aliphatic carboxylic acids is 1. The molecule has 2 aromatic carbocycles. The Hall–Kier alpha value is -2.86. The minimum absolute atomic E-state index is 0.00480. The highest BCUT2D eigenvalue weighted by molar-refractivity contribution is 6.50. The summed E-state index contributed by atoms with van der Waals surface area (Å²) >= 11 is 6.65. The van der Waals surface area contributed by atoms with Gasteiger partial charge in [-0.3, -0.25) is 4.79 Å². The van der Waals surface area contributed by atoms with Crippen molar-refractivity contribution >= 4 is 22.6 Å². The molecule has 2 heterocycles. The van der Waals surface area contributed by atoms with E-state index in [0.29, 0.717) is 39.2 Å². The average molecular weight is 403 g/mol. The fourth-order valence-electron chi connectivity index (χ4n) is 3.29. The third-order valence-electron chi connectivity index (χ3n) is 4.44. The van der Waals surface area contributed by atoms with Crippen LogP contribution in [0.4, 0.5) is 0 Å². The highest BCUT2D eigenvalue weighted by atomic mass is 35.5. The molecule has 4 rings (SSSR count). The normalized spacial score (nSPS) is 17.4. The Morgan fingerprint density at radius 3 is 2.68 bits per heavy atom. The van der Waals surface area contributed by atoms with E-state index in [1.807, 2.05) is 26.0 Å². The van der Waals surface area contributed by atoms with E-state index in [1.54, 1.807) is 24.3 Å². The molecule has 2 aliphatic rings. The van der Waals surface area contributed by atoms with E-state index in [0.717, 1.165) is 5.56 Å². The maximum absolute atomic E-state index is 11.5. The Labute approximate surface area is 167 Å². The second kappa shape index (κ2) is 7.28.